The molecule has 3 nitrogen and oxygen atoms in total. The van der Waals surface area contributed by atoms with Gasteiger partial charge in [0, 0.05) is 58.9 Å². The van der Waals surface area contributed by atoms with Gasteiger partial charge in [-0.2, -0.15) is 0 Å². The Balaban J connectivity index is 1.02. The lowest BCUT2D eigenvalue weighted by Gasteiger charge is -2.27. The molecule has 1 atom stereocenters. The van der Waals surface area contributed by atoms with Gasteiger partial charge in [0.25, 0.3) is 0 Å². The topological polar surface area (TPSA) is 29.3 Å². The summed E-state index contributed by atoms with van der Waals surface area (Å²) in [6.07, 6.45) is -0.210. The van der Waals surface area contributed by atoms with Gasteiger partial charge in [-0.1, -0.05) is 123 Å². The Labute approximate surface area is 300 Å². The van der Waals surface area contributed by atoms with E-state index in [4.69, 9.17) is 4.99 Å². The maximum atomic E-state index is 5.43. The molecule has 11 rings (SSSR count). The number of aliphatic imine (C=N–C) groups is 1. The highest BCUT2D eigenvalue weighted by molar-refractivity contribution is 7.26. The van der Waals surface area contributed by atoms with Crippen LogP contribution >= 0.6 is 11.3 Å². The smallest absolute Gasteiger partial charge is 0.145 e. The van der Waals surface area contributed by atoms with Crippen molar-refractivity contribution < 1.29 is 0 Å². The van der Waals surface area contributed by atoms with Crippen LogP contribution in [0.2, 0.25) is 0 Å². The van der Waals surface area contributed by atoms with E-state index in [0.29, 0.717) is 0 Å². The van der Waals surface area contributed by atoms with Gasteiger partial charge in [-0.25, -0.2) is 0 Å². The average molecular weight is 672 g/mol. The van der Waals surface area contributed by atoms with Crippen molar-refractivity contribution in [2.45, 2.75) is 25.4 Å². The lowest BCUT2D eigenvalue weighted by atomic mass is 9.81. The van der Waals surface area contributed by atoms with Crippen molar-refractivity contribution in [3.05, 3.63) is 179 Å². The molecule has 242 valence electrons. The molecule has 0 fully saturated rings. The van der Waals surface area contributed by atoms with E-state index < -0.39 is 0 Å². The third-order valence-electron chi connectivity index (χ3n) is 11.2. The van der Waals surface area contributed by atoms with Crippen molar-refractivity contribution in [2.75, 3.05) is 5.32 Å². The molecule has 0 saturated carbocycles. The number of thiophene rings is 1. The summed E-state index contributed by atoms with van der Waals surface area (Å²) in [7, 11) is 0. The molecule has 3 heterocycles. The number of benzene rings is 7. The third kappa shape index (κ3) is 4.08. The number of fused-ring (bicyclic) bond motifs is 11. The standard InChI is InChI=1S/C47H33N3S/c1-47(2)37-15-7-3-11-31(37)32-24-21-29(27-38(32)47)44-35-13-4-8-16-39(35)48-46(49-44)28-19-22-30(23-20-28)50-40-17-9-5-14-36(40)43-41(50)26-25-34-33-12-6-10-18-42(33)51-45(34)43/h3-27,46,48H,1-2H3. The molecule has 4 heteroatoms. The lowest BCUT2D eigenvalue weighted by molar-refractivity contribution is 0.660. The van der Waals surface area contributed by atoms with Crippen LogP contribution < -0.4 is 5.32 Å². The molecule has 1 N–H and O–H groups in total. The van der Waals surface area contributed by atoms with E-state index >= 15 is 0 Å². The van der Waals surface area contributed by atoms with Crippen LogP contribution in [-0.2, 0) is 5.41 Å². The Morgan fingerprint density at radius 3 is 2.22 bits per heavy atom. The maximum absolute atomic E-state index is 5.43. The quantitative estimate of drug-likeness (QED) is 0.199. The molecule has 1 aliphatic heterocycles. The van der Waals surface area contributed by atoms with Crippen molar-refractivity contribution in [1.29, 1.82) is 0 Å². The second-order valence-electron chi connectivity index (χ2n) is 14.4. The molecular formula is C47H33N3S. The molecule has 1 unspecified atom stereocenters. The zero-order valence-electron chi connectivity index (χ0n) is 28.3. The Kier molecular flexibility index (Phi) is 5.95. The largest absolute Gasteiger partial charge is 0.360 e. The maximum Gasteiger partial charge on any atom is 0.145 e. The molecule has 0 saturated heterocycles. The fraction of sp³-hybridized carbons (Fsp3) is 0.0851. The predicted molar refractivity (Wildman–Crippen MR) is 216 cm³/mol. The SMILES string of the molecule is CC1(C)c2ccccc2-c2ccc(C3=NC(c4ccc(-n5c6ccccc6c6c7sc8ccccc8c7ccc65)cc4)Nc4ccccc43)cc21. The lowest BCUT2D eigenvalue weighted by Crippen LogP contribution is -2.21. The number of rotatable bonds is 3. The summed E-state index contributed by atoms with van der Waals surface area (Å²) in [6, 6.07) is 55.5. The van der Waals surface area contributed by atoms with Gasteiger partial charge in [0.05, 0.1) is 16.7 Å². The first-order chi connectivity index (χ1) is 25.0. The van der Waals surface area contributed by atoms with Gasteiger partial charge in [-0.3, -0.25) is 4.99 Å². The van der Waals surface area contributed by atoms with Crippen LogP contribution in [-0.4, -0.2) is 10.3 Å². The number of hydrogen-bond acceptors (Lipinski definition) is 3. The summed E-state index contributed by atoms with van der Waals surface area (Å²) in [5.41, 5.74) is 14.5. The molecule has 0 radical (unpaired) electrons. The minimum atomic E-state index is -0.210. The van der Waals surface area contributed by atoms with Gasteiger partial charge < -0.3 is 9.88 Å². The number of hydrogen-bond donors (Lipinski definition) is 1. The van der Waals surface area contributed by atoms with E-state index in [1.54, 1.807) is 0 Å². The van der Waals surface area contributed by atoms with Crippen LogP contribution in [0, 0.1) is 0 Å². The van der Waals surface area contributed by atoms with Crippen molar-refractivity contribution in [1.82, 2.24) is 4.57 Å². The van der Waals surface area contributed by atoms with Crippen LogP contribution in [0.25, 0.3) is 58.8 Å². The van der Waals surface area contributed by atoms with E-state index in [0.717, 1.165) is 33.8 Å². The Bertz CT molecular complexity index is 2920. The van der Waals surface area contributed by atoms with Gasteiger partial charge in [-0.15, -0.1) is 11.3 Å². The molecule has 51 heavy (non-hydrogen) atoms. The summed E-state index contributed by atoms with van der Waals surface area (Å²) in [5.74, 6) is 0. The van der Waals surface area contributed by atoms with Crippen LogP contribution in [0.1, 0.15) is 47.8 Å². The van der Waals surface area contributed by atoms with Gasteiger partial charge in [0.2, 0.25) is 0 Å². The second kappa shape index (κ2) is 10.5. The summed E-state index contributed by atoms with van der Waals surface area (Å²) < 4.78 is 5.10. The van der Waals surface area contributed by atoms with Crippen molar-refractivity contribution in [3.8, 4) is 16.8 Å². The fourth-order valence-corrected chi connectivity index (χ4v) is 10.0. The van der Waals surface area contributed by atoms with Crippen molar-refractivity contribution >= 4 is 64.7 Å². The minimum Gasteiger partial charge on any atom is -0.360 e. The molecule has 2 aliphatic rings. The van der Waals surface area contributed by atoms with Crippen molar-refractivity contribution in [2.24, 2.45) is 4.99 Å². The second-order valence-corrected chi connectivity index (χ2v) is 15.4. The molecule has 7 aromatic carbocycles. The van der Waals surface area contributed by atoms with Crippen LogP contribution in [0.5, 0.6) is 0 Å². The Hall–Kier alpha value is -5.97. The van der Waals surface area contributed by atoms with E-state index in [9.17, 15) is 0 Å². The normalized spacial score (nSPS) is 15.9. The molecular weight excluding hydrogens is 639 g/mol. The molecule has 2 aromatic heterocycles. The molecule has 9 aromatic rings. The van der Waals surface area contributed by atoms with E-state index in [1.807, 2.05) is 11.3 Å². The summed E-state index contributed by atoms with van der Waals surface area (Å²) in [6.45, 7) is 4.68. The molecule has 1 aliphatic carbocycles. The highest BCUT2D eigenvalue weighted by Gasteiger charge is 2.36. The van der Waals surface area contributed by atoms with Gasteiger partial charge >= 0.3 is 0 Å². The zero-order valence-corrected chi connectivity index (χ0v) is 29.1. The number of nitrogens with zero attached hydrogens (tertiary/aromatic N) is 2. The van der Waals surface area contributed by atoms with Gasteiger partial charge in [0.1, 0.15) is 6.17 Å². The summed E-state index contributed by atoms with van der Waals surface area (Å²) in [4.78, 5) is 5.43. The fourth-order valence-electron chi connectivity index (χ4n) is 8.75. The highest BCUT2D eigenvalue weighted by Crippen LogP contribution is 2.49. The van der Waals surface area contributed by atoms with E-state index in [-0.39, 0.29) is 11.6 Å². The number of anilines is 1. The number of para-hydroxylation sites is 2. The average Bonchev–Trinajstić information content (AvgIpc) is 3.80. The van der Waals surface area contributed by atoms with Crippen LogP contribution in [0.3, 0.4) is 0 Å². The first-order valence-corrected chi connectivity index (χ1v) is 18.5. The first kappa shape index (κ1) is 28.8. The minimum absolute atomic E-state index is 0.0697. The third-order valence-corrected chi connectivity index (χ3v) is 12.4. The van der Waals surface area contributed by atoms with Crippen LogP contribution in [0.15, 0.2) is 157 Å². The van der Waals surface area contributed by atoms with Gasteiger partial charge in [0.15, 0.2) is 0 Å². The highest BCUT2D eigenvalue weighted by atomic mass is 32.1. The number of aromatic nitrogens is 1. The van der Waals surface area contributed by atoms with Crippen LogP contribution in [0.4, 0.5) is 5.69 Å². The zero-order chi connectivity index (χ0) is 33.8. The Morgan fingerprint density at radius 1 is 0.608 bits per heavy atom. The predicted octanol–water partition coefficient (Wildman–Crippen LogP) is 12.4. The first-order valence-electron chi connectivity index (χ1n) is 17.7. The van der Waals surface area contributed by atoms with Gasteiger partial charge in [-0.05, 0) is 70.3 Å². The molecule has 0 spiro atoms. The summed E-state index contributed by atoms with van der Waals surface area (Å²) >= 11 is 1.90. The number of nitrogens with one attached hydrogen (secondary N) is 1. The van der Waals surface area contributed by atoms with Crippen molar-refractivity contribution in [3.63, 3.8) is 0 Å². The molecule has 0 amide bonds. The van der Waals surface area contributed by atoms with E-state index in [2.05, 4.69) is 175 Å². The summed E-state index contributed by atoms with van der Waals surface area (Å²) in [5, 5.41) is 9.02. The van der Waals surface area contributed by atoms with E-state index in [1.165, 1.54) is 64.2 Å². The monoisotopic (exact) mass is 671 g/mol. The Morgan fingerprint density at radius 2 is 1.33 bits per heavy atom. The molecule has 0 bridgehead atoms.